The largest absolute Gasteiger partial charge is 0.494 e. The number of nitro benzene ring substituents is 1. The Morgan fingerprint density at radius 3 is 2.85 bits per heavy atom. The molecule has 0 aliphatic heterocycles. The molecule has 9 heteroatoms. The van der Waals surface area contributed by atoms with Crippen LogP contribution in [0.1, 0.15) is 0 Å². The molecule has 0 saturated carbocycles. The van der Waals surface area contributed by atoms with Gasteiger partial charge in [0.2, 0.25) is 0 Å². The van der Waals surface area contributed by atoms with Gasteiger partial charge in [-0.15, -0.1) is 11.3 Å². The Morgan fingerprint density at radius 1 is 1.45 bits per heavy atom. The van der Waals surface area contributed by atoms with Crippen molar-refractivity contribution in [2.45, 2.75) is 0 Å². The number of ether oxygens (including phenoxy) is 1. The van der Waals surface area contributed by atoms with Crippen LogP contribution in [-0.2, 0) is 0 Å². The zero-order valence-corrected chi connectivity index (χ0v) is 11.1. The highest BCUT2D eigenvalue weighted by atomic mass is 32.1. The minimum atomic E-state index is -0.540. The standard InChI is InChI=1S/C11H10N4O4S/c1-19-9-6-7(15(17)18)2-3-8(9)13-10(16)14-11-12-4-5-20-11/h2-6H,1H3,(H2,12,13,14,16). The van der Waals surface area contributed by atoms with Crippen molar-refractivity contribution >= 4 is 33.9 Å². The fraction of sp³-hybridized carbons (Fsp3) is 0.0909. The first-order valence-electron chi connectivity index (χ1n) is 5.40. The van der Waals surface area contributed by atoms with Crippen LogP contribution in [0.3, 0.4) is 0 Å². The Hall–Kier alpha value is -2.68. The number of hydrogen-bond donors (Lipinski definition) is 2. The summed E-state index contributed by atoms with van der Waals surface area (Å²) in [5, 5.41) is 17.9. The number of carbonyl (C=O) groups is 1. The summed E-state index contributed by atoms with van der Waals surface area (Å²) in [7, 11) is 1.36. The molecule has 0 unspecified atom stereocenters. The van der Waals surface area contributed by atoms with Gasteiger partial charge in [0.25, 0.3) is 5.69 Å². The number of urea groups is 1. The van der Waals surface area contributed by atoms with Gasteiger partial charge in [0.05, 0.1) is 23.8 Å². The smallest absolute Gasteiger partial charge is 0.325 e. The molecule has 1 aromatic carbocycles. The number of methoxy groups -OCH3 is 1. The second-order valence-electron chi connectivity index (χ2n) is 3.56. The van der Waals surface area contributed by atoms with Gasteiger partial charge in [-0.2, -0.15) is 0 Å². The van der Waals surface area contributed by atoms with Crippen LogP contribution in [0.5, 0.6) is 5.75 Å². The summed E-state index contributed by atoms with van der Waals surface area (Å²) in [5.41, 5.74) is 0.208. The highest BCUT2D eigenvalue weighted by Crippen LogP contribution is 2.29. The van der Waals surface area contributed by atoms with E-state index in [4.69, 9.17) is 4.74 Å². The van der Waals surface area contributed by atoms with E-state index >= 15 is 0 Å². The maximum absolute atomic E-state index is 11.7. The molecule has 2 aromatic rings. The van der Waals surface area contributed by atoms with Crippen LogP contribution >= 0.6 is 11.3 Å². The fourth-order valence-electron chi connectivity index (χ4n) is 1.43. The number of anilines is 2. The number of non-ortho nitro benzene ring substituents is 1. The number of amides is 2. The number of benzene rings is 1. The van der Waals surface area contributed by atoms with Crippen molar-refractivity contribution in [1.29, 1.82) is 0 Å². The van der Waals surface area contributed by atoms with Gasteiger partial charge < -0.3 is 10.1 Å². The molecule has 1 aromatic heterocycles. The molecule has 2 rings (SSSR count). The van der Waals surface area contributed by atoms with Crippen molar-refractivity contribution in [2.75, 3.05) is 17.7 Å². The predicted molar refractivity (Wildman–Crippen MR) is 74.4 cm³/mol. The van der Waals surface area contributed by atoms with E-state index in [0.717, 1.165) is 0 Å². The van der Waals surface area contributed by atoms with Gasteiger partial charge in [0.1, 0.15) is 5.75 Å². The lowest BCUT2D eigenvalue weighted by molar-refractivity contribution is -0.384. The van der Waals surface area contributed by atoms with Crippen molar-refractivity contribution in [1.82, 2.24) is 4.98 Å². The third-order valence-corrected chi connectivity index (χ3v) is 2.99. The minimum absolute atomic E-state index is 0.118. The molecule has 8 nitrogen and oxygen atoms in total. The summed E-state index contributed by atoms with van der Waals surface area (Å²) in [6.45, 7) is 0. The molecule has 104 valence electrons. The third kappa shape index (κ3) is 3.20. The average Bonchev–Trinajstić information content (AvgIpc) is 2.91. The van der Waals surface area contributed by atoms with Gasteiger partial charge in [-0.05, 0) is 6.07 Å². The van der Waals surface area contributed by atoms with E-state index in [-0.39, 0.29) is 11.4 Å². The number of rotatable bonds is 4. The lowest BCUT2D eigenvalue weighted by Gasteiger charge is -2.09. The second-order valence-corrected chi connectivity index (χ2v) is 4.45. The molecule has 1 heterocycles. The zero-order valence-electron chi connectivity index (χ0n) is 10.3. The average molecular weight is 294 g/mol. The highest BCUT2D eigenvalue weighted by molar-refractivity contribution is 7.13. The number of carbonyl (C=O) groups excluding carboxylic acids is 1. The summed E-state index contributed by atoms with van der Waals surface area (Å²) < 4.78 is 5.01. The number of nitrogens with one attached hydrogen (secondary N) is 2. The summed E-state index contributed by atoms with van der Waals surface area (Å²) in [5.74, 6) is 0.202. The first kappa shape index (κ1) is 13.7. The van der Waals surface area contributed by atoms with E-state index in [1.165, 1.54) is 36.6 Å². The highest BCUT2D eigenvalue weighted by Gasteiger charge is 2.13. The van der Waals surface area contributed by atoms with Crippen molar-refractivity contribution in [2.24, 2.45) is 0 Å². The lowest BCUT2D eigenvalue weighted by Crippen LogP contribution is -2.19. The maximum Gasteiger partial charge on any atom is 0.325 e. The van der Waals surface area contributed by atoms with Gasteiger partial charge in [0.15, 0.2) is 5.13 Å². The quantitative estimate of drug-likeness (QED) is 0.666. The lowest BCUT2D eigenvalue weighted by atomic mass is 10.2. The third-order valence-electron chi connectivity index (χ3n) is 2.30. The molecule has 0 radical (unpaired) electrons. The predicted octanol–water partition coefficient (Wildman–Crippen LogP) is 2.70. The molecular weight excluding hydrogens is 284 g/mol. The monoisotopic (exact) mass is 294 g/mol. The normalized spacial score (nSPS) is 9.85. The van der Waals surface area contributed by atoms with Gasteiger partial charge >= 0.3 is 6.03 Å². The van der Waals surface area contributed by atoms with Crippen LogP contribution in [0.25, 0.3) is 0 Å². The van der Waals surface area contributed by atoms with E-state index in [1.54, 1.807) is 11.6 Å². The van der Waals surface area contributed by atoms with E-state index < -0.39 is 11.0 Å². The molecule has 0 saturated heterocycles. The number of hydrogen-bond acceptors (Lipinski definition) is 6. The van der Waals surface area contributed by atoms with E-state index in [9.17, 15) is 14.9 Å². The van der Waals surface area contributed by atoms with Gasteiger partial charge in [-0.25, -0.2) is 9.78 Å². The van der Waals surface area contributed by atoms with Crippen LogP contribution in [0.4, 0.5) is 21.3 Å². The van der Waals surface area contributed by atoms with Crippen molar-refractivity contribution in [3.8, 4) is 5.75 Å². The summed E-state index contributed by atoms with van der Waals surface area (Å²) in [4.78, 5) is 25.7. The number of aromatic nitrogens is 1. The first-order chi connectivity index (χ1) is 9.60. The van der Waals surface area contributed by atoms with Crippen molar-refractivity contribution in [3.05, 3.63) is 39.9 Å². The molecule has 0 aliphatic carbocycles. The molecule has 2 N–H and O–H groups in total. The molecule has 0 atom stereocenters. The van der Waals surface area contributed by atoms with Crippen LogP contribution in [0.2, 0.25) is 0 Å². The zero-order chi connectivity index (χ0) is 14.5. The molecule has 0 bridgehead atoms. The molecule has 0 spiro atoms. The van der Waals surface area contributed by atoms with E-state index in [1.807, 2.05) is 0 Å². The van der Waals surface area contributed by atoms with Crippen LogP contribution in [0, 0.1) is 10.1 Å². The Morgan fingerprint density at radius 2 is 2.25 bits per heavy atom. The number of thiazole rings is 1. The summed E-state index contributed by atoms with van der Waals surface area (Å²) >= 11 is 1.27. The number of nitrogens with zero attached hydrogens (tertiary/aromatic N) is 2. The van der Waals surface area contributed by atoms with Gasteiger partial charge in [-0.1, -0.05) is 0 Å². The fourth-order valence-corrected chi connectivity index (χ4v) is 1.96. The van der Waals surface area contributed by atoms with Crippen molar-refractivity contribution in [3.63, 3.8) is 0 Å². The summed E-state index contributed by atoms with van der Waals surface area (Å²) in [6, 6.07) is 3.41. The topological polar surface area (TPSA) is 106 Å². The Labute approximate surface area is 117 Å². The van der Waals surface area contributed by atoms with Crippen LogP contribution in [-0.4, -0.2) is 23.0 Å². The van der Waals surface area contributed by atoms with E-state index in [2.05, 4.69) is 15.6 Å². The Kier molecular flexibility index (Phi) is 4.11. The molecule has 20 heavy (non-hydrogen) atoms. The van der Waals surface area contributed by atoms with Crippen LogP contribution in [0.15, 0.2) is 29.8 Å². The molecular formula is C11H10N4O4S. The Bertz CT molecular complexity index is 629. The molecule has 0 fully saturated rings. The number of nitro groups is 1. The maximum atomic E-state index is 11.7. The van der Waals surface area contributed by atoms with Gasteiger partial charge in [-0.3, -0.25) is 15.4 Å². The van der Waals surface area contributed by atoms with Crippen LogP contribution < -0.4 is 15.4 Å². The molecule has 0 aliphatic rings. The van der Waals surface area contributed by atoms with Crippen molar-refractivity contribution < 1.29 is 14.5 Å². The first-order valence-corrected chi connectivity index (χ1v) is 6.28. The minimum Gasteiger partial charge on any atom is -0.494 e. The molecule has 2 amide bonds. The van der Waals surface area contributed by atoms with E-state index in [0.29, 0.717) is 10.8 Å². The second kappa shape index (κ2) is 5.97. The Balaban J connectivity index is 2.12. The summed E-state index contributed by atoms with van der Waals surface area (Å²) in [6.07, 6.45) is 1.56. The SMILES string of the molecule is COc1cc([N+](=O)[O-])ccc1NC(=O)Nc1nccs1. The van der Waals surface area contributed by atoms with Gasteiger partial charge in [0, 0.05) is 17.6 Å².